The van der Waals surface area contributed by atoms with E-state index in [2.05, 4.69) is 19.9 Å². The molecule has 20 heavy (non-hydrogen) atoms. The van der Waals surface area contributed by atoms with Gasteiger partial charge >= 0.3 is 6.16 Å². The summed E-state index contributed by atoms with van der Waals surface area (Å²) in [6, 6.07) is 0. The van der Waals surface area contributed by atoms with Crippen LogP contribution in [-0.4, -0.2) is 31.6 Å². The monoisotopic (exact) mass is 284 g/mol. The number of rotatable bonds is 7. The van der Waals surface area contributed by atoms with E-state index in [0.717, 1.165) is 19.3 Å². The van der Waals surface area contributed by atoms with Crippen LogP contribution in [0, 0.1) is 5.41 Å². The van der Waals surface area contributed by atoms with E-state index in [1.807, 2.05) is 13.8 Å². The van der Waals surface area contributed by atoms with Gasteiger partial charge in [0.1, 0.15) is 6.61 Å². The standard InChI is InChI=1S/C16H28O4/c1-6-18-14(17)19-12-16(4,5)20-10-8-13-7-9-15(2,3)11-13/h7H,6,8-12H2,1-5H3. The predicted molar refractivity (Wildman–Crippen MR) is 78.7 cm³/mol. The fraction of sp³-hybridized carbons (Fsp3) is 0.812. The Morgan fingerprint density at radius 2 is 2.05 bits per heavy atom. The molecule has 1 aliphatic carbocycles. The lowest BCUT2D eigenvalue weighted by molar-refractivity contribution is -0.0672. The van der Waals surface area contributed by atoms with Crippen molar-refractivity contribution < 1.29 is 19.0 Å². The van der Waals surface area contributed by atoms with E-state index in [9.17, 15) is 4.79 Å². The first-order chi connectivity index (χ1) is 9.24. The minimum atomic E-state index is -0.635. The van der Waals surface area contributed by atoms with Crippen LogP contribution in [-0.2, 0) is 14.2 Å². The van der Waals surface area contributed by atoms with Gasteiger partial charge in [-0.25, -0.2) is 4.79 Å². The van der Waals surface area contributed by atoms with E-state index in [1.165, 1.54) is 5.57 Å². The summed E-state index contributed by atoms with van der Waals surface area (Å²) in [6.45, 7) is 11.3. The van der Waals surface area contributed by atoms with Crippen molar-refractivity contribution in [3.63, 3.8) is 0 Å². The Hall–Kier alpha value is -1.03. The van der Waals surface area contributed by atoms with Gasteiger partial charge in [0.05, 0.1) is 18.8 Å². The first kappa shape index (κ1) is 17.0. The summed E-state index contributed by atoms with van der Waals surface area (Å²) in [5.41, 5.74) is 1.39. The summed E-state index contributed by atoms with van der Waals surface area (Å²) >= 11 is 0. The molecule has 0 bridgehead atoms. The van der Waals surface area contributed by atoms with Crippen LogP contribution in [0.1, 0.15) is 53.9 Å². The second-order valence-corrected chi connectivity index (χ2v) is 6.74. The van der Waals surface area contributed by atoms with Crippen molar-refractivity contribution in [1.82, 2.24) is 0 Å². The van der Waals surface area contributed by atoms with E-state index in [1.54, 1.807) is 6.92 Å². The molecule has 0 spiro atoms. The number of carbonyl (C=O) groups is 1. The molecule has 0 aromatic carbocycles. The van der Waals surface area contributed by atoms with Gasteiger partial charge in [-0.2, -0.15) is 0 Å². The van der Waals surface area contributed by atoms with Crippen LogP contribution in [0.3, 0.4) is 0 Å². The highest BCUT2D eigenvalue weighted by Gasteiger charge is 2.25. The van der Waals surface area contributed by atoms with Gasteiger partial charge in [0, 0.05) is 0 Å². The van der Waals surface area contributed by atoms with Crippen molar-refractivity contribution in [1.29, 1.82) is 0 Å². The minimum absolute atomic E-state index is 0.205. The van der Waals surface area contributed by atoms with E-state index in [4.69, 9.17) is 14.2 Å². The Morgan fingerprint density at radius 1 is 1.35 bits per heavy atom. The average Bonchev–Trinajstić information content (AvgIpc) is 2.67. The number of hydrogen-bond acceptors (Lipinski definition) is 4. The number of allylic oxidation sites excluding steroid dienone is 1. The highest BCUT2D eigenvalue weighted by atomic mass is 16.7. The quantitative estimate of drug-likeness (QED) is 0.521. The maximum absolute atomic E-state index is 11.1. The second kappa shape index (κ2) is 7.11. The van der Waals surface area contributed by atoms with Crippen LogP contribution in [0.5, 0.6) is 0 Å². The second-order valence-electron chi connectivity index (χ2n) is 6.74. The summed E-state index contributed by atoms with van der Waals surface area (Å²) in [5.74, 6) is 0. The molecule has 0 atom stereocenters. The van der Waals surface area contributed by atoms with Crippen LogP contribution < -0.4 is 0 Å². The number of ether oxygens (including phenoxy) is 3. The molecular weight excluding hydrogens is 256 g/mol. The summed E-state index contributed by atoms with van der Waals surface area (Å²) in [6.07, 6.45) is 4.94. The molecule has 0 amide bonds. The zero-order valence-corrected chi connectivity index (χ0v) is 13.5. The van der Waals surface area contributed by atoms with Crippen LogP contribution in [0.4, 0.5) is 4.79 Å². The van der Waals surface area contributed by atoms with Gasteiger partial charge in [-0.3, -0.25) is 0 Å². The van der Waals surface area contributed by atoms with E-state index in [0.29, 0.717) is 18.6 Å². The molecule has 0 saturated heterocycles. The SMILES string of the molecule is CCOC(=O)OCC(C)(C)OCCC1=CCC(C)(C)C1. The Morgan fingerprint density at radius 3 is 2.60 bits per heavy atom. The molecule has 0 fully saturated rings. The van der Waals surface area contributed by atoms with Crippen LogP contribution in [0.25, 0.3) is 0 Å². The molecule has 4 heteroatoms. The molecule has 0 heterocycles. The van der Waals surface area contributed by atoms with Crippen molar-refractivity contribution in [2.24, 2.45) is 5.41 Å². The zero-order chi connectivity index (χ0) is 15.2. The molecule has 0 radical (unpaired) electrons. The van der Waals surface area contributed by atoms with Gasteiger partial charge < -0.3 is 14.2 Å². The third-order valence-corrected chi connectivity index (χ3v) is 3.36. The maximum Gasteiger partial charge on any atom is 0.508 e. The summed E-state index contributed by atoms with van der Waals surface area (Å²) in [5, 5.41) is 0. The summed E-state index contributed by atoms with van der Waals surface area (Å²) in [4.78, 5) is 11.1. The van der Waals surface area contributed by atoms with Crippen LogP contribution in [0.2, 0.25) is 0 Å². The number of carbonyl (C=O) groups excluding carboxylic acids is 1. The number of hydrogen-bond donors (Lipinski definition) is 0. The molecular formula is C16H28O4. The van der Waals surface area contributed by atoms with E-state index >= 15 is 0 Å². The molecule has 0 aromatic heterocycles. The molecule has 0 N–H and O–H groups in total. The smallest absolute Gasteiger partial charge is 0.435 e. The fourth-order valence-corrected chi connectivity index (χ4v) is 2.26. The third kappa shape index (κ3) is 6.42. The molecule has 116 valence electrons. The summed E-state index contributed by atoms with van der Waals surface area (Å²) < 4.78 is 15.5. The highest BCUT2D eigenvalue weighted by Crippen LogP contribution is 2.37. The van der Waals surface area contributed by atoms with Crippen molar-refractivity contribution in [2.45, 2.75) is 59.5 Å². The molecule has 0 aromatic rings. The van der Waals surface area contributed by atoms with Gasteiger partial charge in [-0.15, -0.1) is 0 Å². The largest absolute Gasteiger partial charge is 0.508 e. The average molecular weight is 284 g/mol. The first-order valence-electron chi connectivity index (χ1n) is 7.35. The highest BCUT2D eigenvalue weighted by molar-refractivity contribution is 5.59. The van der Waals surface area contributed by atoms with Crippen molar-refractivity contribution >= 4 is 6.16 Å². The van der Waals surface area contributed by atoms with Crippen molar-refractivity contribution in [3.05, 3.63) is 11.6 Å². The van der Waals surface area contributed by atoms with Gasteiger partial charge in [0.2, 0.25) is 0 Å². The molecule has 0 saturated carbocycles. The van der Waals surface area contributed by atoms with Crippen LogP contribution in [0.15, 0.2) is 11.6 Å². The van der Waals surface area contributed by atoms with Crippen molar-refractivity contribution in [3.8, 4) is 0 Å². The Balaban J connectivity index is 2.21. The topological polar surface area (TPSA) is 44.8 Å². The van der Waals surface area contributed by atoms with Crippen LogP contribution >= 0.6 is 0 Å². The molecule has 0 aliphatic heterocycles. The van der Waals surface area contributed by atoms with Gasteiger partial charge in [-0.05, 0) is 45.4 Å². The van der Waals surface area contributed by atoms with E-state index < -0.39 is 11.8 Å². The molecule has 0 unspecified atom stereocenters. The Bertz CT molecular complexity index is 355. The predicted octanol–water partition coefficient (Wildman–Crippen LogP) is 4.09. The maximum atomic E-state index is 11.1. The lowest BCUT2D eigenvalue weighted by Gasteiger charge is -2.25. The Kier molecular flexibility index (Phi) is 6.06. The van der Waals surface area contributed by atoms with E-state index in [-0.39, 0.29) is 6.61 Å². The normalized spacial score (nSPS) is 17.8. The lowest BCUT2D eigenvalue weighted by atomic mass is 9.89. The molecule has 4 nitrogen and oxygen atoms in total. The first-order valence-corrected chi connectivity index (χ1v) is 7.35. The molecule has 1 rings (SSSR count). The minimum Gasteiger partial charge on any atom is -0.435 e. The Labute approximate surface area is 122 Å². The van der Waals surface area contributed by atoms with Gasteiger partial charge in [0.15, 0.2) is 0 Å². The van der Waals surface area contributed by atoms with Crippen molar-refractivity contribution in [2.75, 3.05) is 19.8 Å². The van der Waals surface area contributed by atoms with Gasteiger partial charge in [0.25, 0.3) is 0 Å². The lowest BCUT2D eigenvalue weighted by Crippen LogP contribution is -2.32. The fourth-order valence-electron chi connectivity index (χ4n) is 2.26. The zero-order valence-electron chi connectivity index (χ0n) is 13.5. The molecule has 1 aliphatic rings. The van der Waals surface area contributed by atoms with Gasteiger partial charge in [-0.1, -0.05) is 25.5 Å². The third-order valence-electron chi connectivity index (χ3n) is 3.36. The summed E-state index contributed by atoms with van der Waals surface area (Å²) in [7, 11) is 0.